The molecule has 11 N–H and O–H groups in total. The molecule has 3 heterocycles. The molecule has 0 aromatic rings. The van der Waals surface area contributed by atoms with E-state index in [9.17, 15) is 70.6 Å². The molecule has 10 unspecified atom stereocenters. The van der Waals surface area contributed by atoms with Gasteiger partial charge in [0.2, 0.25) is 0 Å². The van der Waals surface area contributed by atoms with Crippen LogP contribution in [0.25, 0.3) is 0 Å². The Hall–Kier alpha value is -2.25. The average Bonchev–Trinajstić information content (AvgIpc) is 3.26. The number of aliphatic carboxylic acids is 2. The van der Waals surface area contributed by atoms with Gasteiger partial charge >= 0.3 is 11.9 Å². The van der Waals surface area contributed by atoms with Crippen LogP contribution >= 0.6 is 0 Å². The van der Waals surface area contributed by atoms with E-state index in [0.29, 0.717) is 44.9 Å². The summed E-state index contributed by atoms with van der Waals surface area (Å²) in [5, 5.41) is 118. The highest BCUT2D eigenvalue weighted by atomic mass is 16.8. The van der Waals surface area contributed by atoms with Crippen LogP contribution in [0.1, 0.15) is 99.3 Å². The molecule has 8 aliphatic rings. The summed E-state index contributed by atoms with van der Waals surface area (Å²) in [6, 6.07) is 0. The fraction of sp³-hybridized carbons (Fsp3) is 0.894. The molecule has 3 saturated heterocycles. The van der Waals surface area contributed by atoms with Crippen molar-refractivity contribution in [3.05, 3.63) is 11.6 Å². The number of allylic oxidation sites excluding steroid dienone is 2. The Morgan fingerprint density at radius 1 is 0.731 bits per heavy atom. The Labute approximate surface area is 389 Å². The zero-order chi connectivity index (χ0) is 49.1. The third kappa shape index (κ3) is 7.78. The zero-order valence-corrected chi connectivity index (χ0v) is 39.0. The number of aldehydes is 1. The lowest BCUT2D eigenvalue weighted by molar-refractivity contribution is -0.391. The van der Waals surface area contributed by atoms with Gasteiger partial charge in [0.05, 0.1) is 30.8 Å². The van der Waals surface area contributed by atoms with Gasteiger partial charge in [-0.1, -0.05) is 53.2 Å². The van der Waals surface area contributed by atoms with Gasteiger partial charge in [0.15, 0.2) is 25.0 Å². The SMILES string of the molecule is CC1(C)CC[C@@]2(C(=O)O)C(C1)C1=CCC3C4(C)CC[C@H](O[C@@H]5OC(C(=O)O)[C@@H](O)[C@H](O[C@@H]6OC[C@@H](O)[C@H](O)C6O)C5O[C@@H]5OC(CO)[C@H](O)[C@H](O)C5O)C(C)(C=O)[C@@H]4CCC3(C)[C@]1(C)C[C@@H]2O. The number of carboxylic acid groups (broad SMARTS) is 2. The van der Waals surface area contributed by atoms with Crippen LogP contribution < -0.4 is 0 Å². The molecule has 3 aliphatic heterocycles. The number of hydrogen-bond donors (Lipinski definition) is 11. The standard InChI is InChI=1S/C47H72O20/c1-42(2)13-14-47(41(60)61)21(15-42)20-7-8-25-43(3)11-10-27(44(4,19-49)24(43)9-12-45(25,5)46(20,6)16-26(47)51)64-40-36(67-39-32(56)30(54)29(53)23(17-48)63-39)34(33(57)35(66-40)37(58)59)65-38-31(55)28(52)22(50)18-62-38/h7,19,21-36,38-40,48,50-57H,8-18H2,1-6H3,(H,58,59)(H,60,61)/t21?,22-,23?,24-,25?,26+,27+,28+,29+,30+,31?,32?,33+,34+,35?,36?,38+,39+,40-,43?,44?,45?,46-,47-/m1/s1. The van der Waals surface area contributed by atoms with Gasteiger partial charge in [-0.05, 0) is 97.2 Å². The largest absolute Gasteiger partial charge is 0.481 e. The highest BCUT2D eigenvalue weighted by molar-refractivity contribution is 5.78. The van der Waals surface area contributed by atoms with E-state index < -0.39 is 150 Å². The lowest BCUT2D eigenvalue weighted by Gasteiger charge is -2.71. The van der Waals surface area contributed by atoms with Gasteiger partial charge in [-0.3, -0.25) is 4.79 Å². The first-order valence-electron chi connectivity index (χ1n) is 23.8. The van der Waals surface area contributed by atoms with Gasteiger partial charge in [-0.2, -0.15) is 0 Å². The highest BCUT2D eigenvalue weighted by Gasteiger charge is 2.72. The molecule has 5 aliphatic carbocycles. The summed E-state index contributed by atoms with van der Waals surface area (Å²) < 4.78 is 35.9. The van der Waals surface area contributed by atoms with Crippen molar-refractivity contribution in [3.8, 4) is 0 Å². The molecule has 67 heavy (non-hydrogen) atoms. The Balaban J connectivity index is 1.13. The van der Waals surface area contributed by atoms with E-state index in [1.807, 2.05) is 0 Å². The summed E-state index contributed by atoms with van der Waals surface area (Å²) in [4.78, 5) is 39.8. The molecule has 0 spiro atoms. The van der Waals surface area contributed by atoms with Crippen LogP contribution in [-0.4, -0.2) is 186 Å². The van der Waals surface area contributed by atoms with Crippen molar-refractivity contribution < 1.29 is 99.0 Å². The van der Waals surface area contributed by atoms with E-state index in [1.165, 1.54) is 0 Å². The predicted octanol–water partition coefficient (Wildman–Crippen LogP) is -0.413. The van der Waals surface area contributed by atoms with Gasteiger partial charge in [0, 0.05) is 0 Å². The number of rotatable bonds is 10. The molecule has 380 valence electrons. The summed E-state index contributed by atoms with van der Waals surface area (Å²) in [5.41, 5.74) is -3.10. The van der Waals surface area contributed by atoms with E-state index >= 15 is 0 Å². The maximum atomic E-state index is 13.8. The molecule has 20 heteroatoms. The fourth-order valence-electron chi connectivity index (χ4n) is 14.8. The van der Waals surface area contributed by atoms with Crippen molar-refractivity contribution in [3.63, 3.8) is 0 Å². The summed E-state index contributed by atoms with van der Waals surface area (Å²) in [6.45, 7) is 11.3. The smallest absolute Gasteiger partial charge is 0.335 e. The van der Waals surface area contributed by atoms with Crippen LogP contribution in [0, 0.1) is 50.2 Å². The normalized spacial score (nSPS) is 54.0. The quantitative estimate of drug-likeness (QED) is 0.0753. The number of aliphatic hydroxyl groups excluding tert-OH is 9. The Morgan fingerprint density at radius 3 is 2.04 bits per heavy atom. The van der Waals surface area contributed by atoms with Crippen molar-refractivity contribution in [1.82, 2.24) is 0 Å². The minimum absolute atomic E-state index is 0.0258. The number of carboxylic acids is 2. The molecule has 24 atom stereocenters. The van der Waals surface area contributed by atoms with E-state index in [1.54, 1.807) is 6.92 Å². The van der Waals surface area contributed by atoms with E-state index in [-0.39, 0.29) is 36.0 Å². The van der Waals surface area contributed by atoms with Crippen LogP contribution in [0.3, 0.4) is 0 Å². The van der Waals surface area contributed by atoms with Crippen LogP contribution in [0.4, 0.5) is 0 Å². The molecule has 0 bridgehead atoms. The van der Waals surface area contributed by atoms with Gasteiger partial charge in [0.1, 0.15) is 72.7 Å². The number of ether oxygens (including phenoxy) is 6. The number of aliphatic hydroxyl groups is 9. The van der Waals surface area contributed by atoms with Crippen molar-refractivity contribution in [2.45, 2.75) is 198 Å². The second-order valence-corrected chi connectivity index (χ2v) is 22.8. The lowest BCUT2D eigenvalue weighted by atomic mass is 9.33. The lowest BCUT2D eigenvalue weighted by Crippen LogP contribution is -2.69. The number of carbonyl (C=O) groups is 3. The summed E-state index contributed by atoms with van der Waals surface area (Å²) >= 11 is 0. The maximum absolute atomic E-state index is 13.8. The molecule has 0 radical (unpaired) electrons. The number of hydrogen-bond acceptors (Lipinski definition) is 18. The Morgan fingerprint density at radius 2 is 1.40 bits per heavy atom. The average molecular weight is 957 g/mol. The Bertz CT molecular complexity index is 1910. The van der Waals surface area contributed by atoms with Crippen molar-refractivity contribution in [2.24, 2.45) is 50.2 Å². The van der Waals surface area contributed by atoms with Crippen LogP contribution in [0.2, 0.25) is 0 Å². The first kappa shape index (κ1) is 51.1. The van der Waals surface area contributed by atoms with E-state index in [2.05, 4.69) is 40.7 Å². The molecule has 0 aromatic carbocycles. The molecule has 20 nitrogen and oxygen atoms in total. The molecule has 7 fully saturated rings. The first-order chi connectivity index (χ1) is 31.3. The maximum Gasteiger partial charge on any atom is 0.335 e. The Kier molecular flexibility index (Phi) is 13.6. The number of fused-ring (bicyclic) bond motifs is 7. The molecule has 0 amide bonds. The minimum atomic E-state index is -2.14. The monoisotopic (exact) mass is 956 g/mol. The van der Waals surface area contributed by atoms with Crippen molar-refractivity contribution >= 4 is 18.2 Å². The fourth-order valence-corrected chi connectivity index (χ4v) is 14.8. The van der Waals surface area contributed by atoms with Gasteiger partial charge in [-0.25, -0.2) is 4.79 Å². The molecule has 4 saturated carbocycles. The highest BCUT2D eigenvalue weighted by Crippen LogP contribution is 2.76. The topological polar surface area (TPSA) is 329 Å². The van der Waals surface area contributed by atoms with Gasteiger partial charge < -0.3 is 89.4 Å². The second kappa shape index (κ2) is 17.8. The summed E-state index contributed by atoms with van der Waals surface area (Å²) in [6.07, 6.45) is -20.5. The van der Waals surface area contributed by atoms with Crippen LogP contribution in [0.5, 0.6) is 0 Å². The minimum Gasteiger partial charge on any atom is -0.481 e. The molecular formula is C47H72O20. The molecule has 8 rings (SSSR count). The van der Waals surface area contributed by atoms with Crippen LogP contribution in [0.15, 0.2) is 11.6 Å². The van der Waals surface area contributed by atoms with Gasteiger partial charge in [-0.15, -0.1) is 0 Å². The third-order valence-corrected chi connectivity index (χ3v) is 18.9. The molecule has 0 aromatic heterocycles. The van der Waals surface area contributed by atoms with Crippen molar-refractivity contribution in [2.75, 3.05) is 13.2 Å². The van der Waals surface area contributed by atoms with E-state index in [0.717, 1.165) is 11.9 Å². The van der Waals surface area contributed by atoms with E-state index in [4.69, 9.17) is 28.4 Å². The second-order valence-electron chi connectivity index (χ2n) is 22.8. The van der Waals surface area contributed by atoms with Gasteiger partial charge in [0.25, 0.3) is 0 Å². The first-order valence-corrected chi connectivity index (χ1v) is 23.8. The summed E-state index contributed by atoms with van der Waals surface area (Å²) in [5.74, 6) is -3.36. The van der Waals surface area contributed by atoms with Crippen molar-refractivity contribution in [1.29, 1.82) is 0 Å². The molecular weight excluding hydrogens is 884 g/mol. The zero-order valence-electron chi connectivity index (χ0n) is 39.0. The summed E-state index contributed by atoms with van der Waals surface area (Å²) in [7, 11) is 0. The van der Waals surface area contributed by atoms with Crippen LogP contribution in [-0.2, 0) is 42.8 Å². The predicted molar refractivity (Wildman–Crippen MR) is 227 cm³/mol. The number of carbonyl (C=O) groups excluding carboxylic acids is 1. The third-order valence-electron chi connectivity index (χ3n) is 18.9.